The highest BCUT2D eigenvalue weighted by atomic mass is 35.5. The van der Waals surface area contributed by atoms with Crippen LogP contribution in [0, 0.1) is 6.92 Å². The minimum atomic E-state index is -1.45. The van der Waals surface area contributed by atoms with Crippen molar-refractivity contribution in [2.75, 3.05) is 21.3 Å². The lowest BCUT2D eigenvalue weighted by molar-refractivity contribution is -0.150. The van der Waals surface area contributed by atoms with Gasteiger partial charge in [-0.1, -0.05) is 11.6 Å². The molecule has 0 radical (unpaired) electrons. The third-order valence-corrected chi connectivity index (χ3v) is 2.82. The van der Waals surface area contributed by atoms with Crippen LogP contribution in [0.15, 0.2) is 6.07 Å². The van der Waals surface area contributed by atoms with Crippen LogP contribution >= 0.6 is 11.6 Å². The first-order valence-corrected chi connectivity index (χ1v) is 5.52. The first-order valence-electron chi connectivity index (χ1n) is 5.14. The summed E-state index contributed by atoms with van der Waals surface area (Å²) < 4.78 is 14.8. The molecule has 1 unspecified atom stereocenters. The van der Waals surface area contributed by atoms with Crippen LogP contribution in [0.2, 0.25) is 5.02 Å². The van der Waals surface area contributed by atoms with E-state index in [1.165, 1.54) is 21.3 Å². The molecule has 0 saturated carbocycles. The summed E-state index contributed by atoms with van der Waals surface area (Å²) in [5, 5.41) is 10.3. The first kappa shape index (κ1) is 14.6. The fourth-order valence-corrected chi connectivity index (χ4v) is 2.03. The van der Waals surface area contributed by atoms with Crippen molar-refractivity contribution in [3.8, 4) is 11.5 Å². The molecule has 5 nitrogen and oxygen atoms in total. The second kappa shape index (κ2) is 5.93. The summed E-state index contributed by atoms with van der Waals surface area (Å²) in [5.41, 5.74) is 0.890. The fourth-order valence-electron chi connectivity index (χ4n) is 1.71. The number of carbonyl (C=O) groups is 1. The van der Waals surface area contributed by atoms with E-state index in [0.29, 0.717) is 10.6 Å². The van der Waals surface area contributed by atoms with Crippen LogP contribution in [0.5, 0.6) is 11.5 Å². The Labute approximate surface area is 110 Å². The predicted octanol–water partition coefficient (Wildman–Crippen LogP) is 1.87. The molecule has 0 amide bonds. The SMILES string of the molecule is COC(=O)C(O)c1c(C)cc(Cl)c(OC)c1OC. The normalized spacial score (nSPS) is 11.9. The van der Waals surface area contributed by atoms with Gasteiger partial charge in [0.05, 0.1) is 26.4 Å². The maximum absolute atomic E-state index is 11.4. The van der Waals surface area contributed by atoms with Gasteiger partial charge in [0.25, 0.3) is 0 Å². The van der Waals surface area contributed by atoms with Crippen molar-refractivity contribution < 1.29 is 24.1 Å². The quantitative estimate of drug-likeness (QED) is 0.849. The molecule has 0 spiro atoms. The summed E-state index contributed by atoms with van der Waals surface area (Å²) in [6.07, 6.45) is -1.45. The second-order valence-electron chi connectivity index (χ2n) is 3.58. The lowest BCUT2D eigenvalue weighted by Gasteiger charge is -2.19. The standard InChI is InChI=1S/C12H15ClO5/c1-6-5-7(13)10(16-2)11(17-3)8(6)9(14)12(15)18-4/h5,9,14H,1-4H3. The summed E-state index contributed by atoms with van der Waals surface area (Å²) >= 11 is 6.00. The van der Waals surface area contributed by atoms with Crippen molar-refractivity contribution in [2.24, 2.45) is 0 Å². The van der Waals surface area contributed by atoms with Crippen molar-refractivity contribution in [3.05, 3.63) is 22.2 Å². The number of aliphatic hydroxyl groups excluding tert-OH is 1. The van der Waals surface area contributed by atoms with E-state index in [-0.39, 0.29) is 17.1 Å². The number of aryl methyl sites for hydroxylation is 1. The number of esters is 1. The molecule has 0 fully saturated rings. The van der Waals surface area contributed by atoms with Crippen LogP contribution in [0.1, 0.15) is 17.2 Å². The summed E-state index contributed by atoms with van der Waals surface area (Å²) in [7, 11) is 4.02. The number of halogens is 1. The average Bonchev–Trinajstić information content (AvgIpc) is 2.36. The van der Waals surface area contributed by atoms with E-state index in [2.05, 4.69) is 4.74 Å². The van der Waals surface area contributed by atoms with Gasteiger partial charge in [-0.15, -0.1) is 0 Å². The third kappa shape index (κ3) is 2.52. The van der Waals surface area contributed by atoms with Crippen molar-refractivity contribution in [3.63, 3.8) is 0 Å². The maximum atomic E-state index is 11.4. The molecule has 0 aliphatic rings. The zero-order valence-corrected chi connectivity index (χ0v) is 11.4. The Morgan fingerprint density at radius 2 is 1.83 bits per heavy atom. The van der Waals surface area contributed by atoms with Crippen LogP contribution in [0.4, 0.5) is 0 Å². The molecular weight excluding hydrogens is 260 g/mol. The minimum absolute atomic E-state index is 0.223. The lowest BCUT2D eigenvalue weighted by atomic mass is 10.0. The molecular formula is C12H15ClO5. The number of hydrogen-bond donors (Lipinski definition) is 1. The van der Waals surface area contributed by atoms with E-state index in [1.54, 1.807) is 13.0 Å². The molecule has 0 heterocycles. The van der Waals surface area contributed by atoms with Gasteiger partial charge in [-0.05, 0) is 18.6 Å². The predicted molar refractivity (Wildman–Crippen MR) is 66.3 cm³/mol. The number of aliphatic hydroxyl groups is 1. The molecule has 100 valence electrons. The van der Waals surface area contributed by atoms with Gasteiger partial charge in [-0.2, -0.15) is 0 Å². The Bertz CT molecular complexity index is 458. The van der Waals surface area contributed by atoms with Gasteiger partial charge in [-0.25, -0.2) is 4.79 Å². The minimum Gasteiger partial charge on any atom is -0.492 e. The van der Waals surface area contributed by atoms with Crippen LogP contribution in [0.25, 0.3) is 0 Å². The van der Waals surface area contributed by atoms with Gasteiger partial charge in [0.15, 0.2) is 17.6 Å². The molecule has 1 aromatic rings. The summed E-state index contributed by atoms with van der Waals surface area (Å²) in [6, 6.07) is 1.59. The Morgan fingerprint density at radius 3 is 2.28 bits per heavy atom. The maximum Gasteiger partial charge on any atom is 0.339 e. The van der Waals surface area contributed by atoms with E-state index >= 15 is 0 Å². The third-order valence-electron chi connectivity index (χ3n) is 2.54. The van der Waals surface area contributed by atoms with E-state index < -0.39 is 12.1 Å². The Hall–Kier alpha value is -1.46. The monoisotopic (exact) mass is 274 g/mol. The van der Waals surface area contributed by atoms with Crippen LogP contribution in [-0.4, -0.2) is 32.4 Å². The van der Waals surface area contributed by atoms with Gasteiger partial charge in [0.2, 0.25) is 0 Å². The average molecular weight is 275 g/mol. The number of methoxy groups -OCH3 is 3. The fraction of sp³-hybridized carbons (Fsp3) is 0.417. The molecule has 0 bridgehead atoms. The lowest BCUT2D eigenvalue weighted by Crippen LogP contribution is -2.16. The highest BCUT2D eigenvalue weighted by Crippen LogP contribution is 2.42. The van der Waals surface area contributed by atoms with Crippen molar-refractivity contribution in [1.82, 2.24) is 0 Å². The largest absolute Gasteiger partial charge is 0.492 e. The molecule has 1 N–H and O–H groups in total. The van der Waals surface area contributed by atoms with Gasteiger partial charge in [-0.3, -0.25) is 0 Å². The molecule has 0 saturated heterocycles. The van der Waals surface area contributed by atoms with E-state index in [1.807, 2.05) is 0 Å². The molecule has 18 heavy (non-hydrogen) atoms. The van der Waals surface area contributed by atoms with Crippen molar-refractivity contribution >= 4 is 17.6 Å². The Morgan fingerprint density at radius 1 is 1.28 bits per heavy atom. The van der Waals surface area contributed by atoms with E-state index in [4.69, 9.17) is 21.1 Å². The highest BCUT2D eigenvalue weighted by molar-refractivity contribution is 6.32. The molecule has 1 atom stereocenters. The van der Waals surface area contributed by atoms with Gasteiger partial charge in [0.1, 0.15) is 0 Å². The second-order valence-corrected chi connectivity index (χ2v) is 3.99. The summed E-state index contributed by atoms with van der Waals surface area (Å²) in [5.74, 6) is -0.288. The number of benzene rings is 1. The zero-order valence-electron chi connectivity index (χ0n) is 10.6. The van der Waals surface area contributed by atoms with Gasteiger partial charge in [0, 0.05) is 5.56 Å². The molecule has 6 heteroatoms. The van der Waals surface area contributed by atoms with Crippen molar-refractivity contribution in [1.29, 1.82) is 0 Å². The van der Waals surface area contributed by atoms with E-state index in [9.17, 15) is 9.90 Å². The topological polar surface area (TPSA) is 65.0 Å². The summed E-state index contributed by atoms with van der Waals surface area (Å²) in [6.45, 7) is 1.70. The number of ether oxygens (including phenoxy) is 3. The van der Waals surface area contributed by atoms with Crippen molar-refractivity contribution in [2.45, 2.75) is 13.0 Å². The molecule has 0 aromatic heterocycles. The molecule has 0 aliphatic carbocycles. The smallest absolute Gasteiger partial charge is 0.339 e. The van der Waals surface area contributed by atoms with Gasteiger partial charge >= 0.3 is 5.97 Å². The number of hydrogen-bond acceptors (Lipinski definition) is 5. The van der Waals surface area contributed by atoms with Crippen LogP contribution in [0.3, 0.4) is 0 Å². The van der Waals surface area contributed by atoms with Gasteiger partial charge < -0.3 is 19.3 Å². The zero-order chi connectivity index (χ0) is 13.9. The molecule has 1 rings (SSSR count). The number of rotatable bonds is 4. The van der Waals surface area contributed by atoms with Crippen LogP contribution < -0.4 is 9.47 Å². The summed E-state index contributed by atoms with van der Waals surface area (Å²) in [4.78, 5) is 11.4. The Kier molecular flexibility index (Phi) is 4.81. The van der Waals surface area contributed by atoms with Crippen LogP contribution in [-0.2, 0) is 9.53 Å². The highest BCUT2D eigenvalue weighted by Gasteiger charge is 2.27. The Balaban J connectivity index is 3.46. The first-order chi connectivity index (χ1) is 8.47. The number of carbonyl (C=O) groups excluding carboxylic acids is 1. The molecule has 0 aliphatic heterocycles. The molecule has 1 aromatic carbocycles. The van der Waals surface area contributed by atoms with E-state index in [0.717, 1.165) is 0 Å².